The molecule has 0 amide bonds. The first-order valence-corrected chi connectivity index (χ1v) is 17.8. The molecule has 0 saturated heterocycles. The number of ether oxygens (including phenoxy) is 1. The summed E-state index contributed by atoms with van der Waals surface area (Å²) in [5.74, 6) is 2.72. The largest absolute Gasteiger partial charge is 0.456 e. The number of hydrogen-bond acceptors (Lipinski definition) is 2. The zero-order valence-electron chi connectivity index (χ0n) is 29.1. The molecule has 0 N–H and O–H groups in total. The van der Waals surface area contributed by atoms with Gasteiger partial charge in [0.1, 0.15) is 11.3 Å². The molecule has 2 aliphatic carbocycles. The van der Waals surface area contributed by atoms with Crippen molar-refractivity contribution in [2.45, 2.75) is 104 Å². The standard InChI is InChI=1S/C43H50NO2/c1-26(2)24-28-18-22-34-30(25-28)19-23-35-37-33(43(7,45-8)42(6,44(34)35)27(3)29-14-10-9-11-15-29)21-20-32-38(37)41(4,5)39-31-16-12-13-17-36(31)46-40(32)39/h12-13,16-23,25-27,29H,9-11,14-15,24H2,1-8H3/q+1. The van der Waals surface area contributed by atoms with Crippen molar-refractivity contribution in [1.82, 2.24) is 0 Å². The van der Waals surface area contributed by atoms with Gasteiger partial charge in [0.15, 0.2) is 5.60 Å². The lowest BCUT2D eigenvalue weighted by molar-refractivity contribution is -0.761. The fourth-order valence-electron chi connectivity index (χ4n) is 10.2. The van der Waals surface area contributed by atoms with Gasteiger partial charge in [-0.25, -0.2) is 0 Å². The van der Waals surface area contributed by atoms with Gasteiger partial charge in [-0.1, -0.05) is 90.3 Å². The predicted molar refractivity (Wildman–Crippen MR) is 189 cm³/mol. The van der Waals surface area contributed by atoms with E-state index in [1.807, 2.05) is 7.11 Å². The monoisotopic (exact) mass is 612 g/mol. The minimum absolute atomic E-state index is 0.242. The minimum atomic E-state index is -0.557. The SMILES string of the molecule is COC1(C)c2ccc3c(c2-c2ccc4cc(CC(C)C)ccc4[n+]2C1(C)C(C)C1CCCCC1)C(C)(C)c1c-3oc2ccccc12. The second-order valence-corrected chi connectivity index (χ2v) is 16.0. The molecule has 3 aromatic carbocycles. The van der Waals surface area contributed by atoms with Crippen LogP contribution in [-0.2, 0) is 27.7 Å². The molecule has 1 saturated carbocycles. The quantitative estimate of drug-likeness (QED) is 0.185. The average Bonchev–Trinajstić information content (AvgIpc) is 3.56. The topological polar surface area (TPSA) is 26.2 Å². The number of aromatic nitrogens is 1. The van der Waals surface area contributed by atoms with Crippen LogP contribution in [0.5, 0.6) is 0 Å². The number of nitrogens with zero attached hydrogens (tertiary/aromatic N) is 1. The van der Waals surface area contributed by atoms with E-state index in [4.69, 9.17) is 9.15 Å². The van der Waals surface area contributed by atoms with Crippen LogP contribution in [0, 0.1) is 17.8 Å². The van der Waals surface area contributed by atoms with Crippen LogP contribution in [0.3, 0.4) is 0 Å². The molecule has 0 radical (unpaired) electrons. The van der Waals surface area contributed by atoms with E-state index < -0.39 is 5.60 Å². The summed E-state index contributed by atoms with van der Waals surface area (Å²) >= 11 is 0. The van der Waals surface area contributed by atoms with Crippen LogP contribution in [0.4, 0.5) is 0 Å². The van der Waals surface area contributed by atoms with Crippen molar-refractivity contribution in [3.05, 3.63) is 89.0 Å². The Morgan fingerprint density at radius 2 is 1.63 bits per heavy atom. The highest BCUT2D eigenvalue weighted by atomic mass is 16.5. The third-order valence-corrected chi connectivity index (χ3v) is 12.8. The highest BCUT2D eigenvalue weighted by Gasteiger charge is 2.65. The Labute approximate surface area is 275 Å². The molecule has 0 bridgehead atoms. The van der Waals surface area contributed by atoms with Gasteiger partial charge in [-0.2, -0.15) is 4.57 Å². The van der Waals surface area contributed by atoms with Crippen LogP contribution in [-0.4, -0.2) is 7.11 Å². The Balaban J connectivity index is 1.46. The lowest BCUT2D eigenvalue weighted by atomic mass is 9.60. The summed E-state index contributed by atoms with van der Waals surface area (Å²) in [7, 11) is 1.95. The first kappa shape index (κ1) is 29.9. The molecule has 238 valence electrons. The summed E-state index contributed by atoms with van der Waals surface area (Å²) in [4.78, 5) is 0. The highest BCUT2D eigenvalue weighted by Crippen LogP contribution is 2.61. The first-order valence-electron chi connectivity index (χ1n) is 17.8. The minimum Gasteiger partial charge on any atom is -0.456 e. The van der Waals surface area contributed by atoms with Crippen LogP contribution < -0.4 is 4.57 Å². The molecule has 1 aliphatic heterocycles. The lowest BCUT2D eigenvalue weighted by Crippen LogP contribution is -2.72. The first-order chi connectivity index (χ1) is 22.0. The average molecular weight is 613 g/mol. The third-order valence-electron chi connectivity index (χ3n) is 12.8. The van der Waals surface area contributed by atoms with Gasteiger partial charge < -0.3 is 9.15 Å². The summed E-state index contributed by atoms with van der Waals surface area (Å²) in [6.45, 7) is 16.8. The lowest BCUT2D eigenvalue weighted by Gasteiger charge is -2.51. The summed E-state index contributed by atoms with van der Waals surface area (Å²) in [6, 6.07) is 25.3. The van der Waals surface area contributed by atoms with Crippen LogP contribution in [0.25, 0.3) is 44.5 Å². The van der Waals surface area contributed by atoms with Crippen LogP contribution in [0.1, 0.15) is 103 Å². The molecule has 3 aliphatic rings. The van der Waals surface area contributed by atoms with E-state index in [1.54, 1.807) is 0 Å². The maximum atomic E-state index is 6.93. The van der Waals surface area contributed by atoms with E-state index in [-0.39, 0.29) is 11.0 Å². The Morgan fingerprint density at radius 1 is 0.870 bits per heavy atom. The number of fused-ring (bicyclic) bond motifs is 11. The van der Waals surface area contributed by atoms with Crippen molar-refractivity contribution in [2.75, 3.05) is 7.11 Å². The molecule has 3 nitrogen and oxygen atoms in total. The Hall–Kier alpha value is -3.43. The normalized spacial score (nSPS) is 24.2. The smallest absolute Gasteiger partial charge is 0.214 e. The van der Waals surface area contributed by atoms with Crippen molar-refractivity contribution in [2.24, 2.45) is 17.8 Å². The molecule has 3 atom stereocenters. The third kappa shape index (κ3) is 3.84. The summed E-state index contributed by atoms with van der Waals surface area (Å²) < 4.78 is 16.3. The van der Waals surface area contributed by atoms with Crippen molar-refractivity contribution in [1.29, 1.82) is 0 Å². The van der Waals surface area contributed by atoms with E-state index in [1.165, 1.54) is 87.5 Å². The fourth-order valence-corrected chi connectivity index (χ4v) is 10.2. The molecular formula is C43H50NO2+. The van der Waals surface area contributed by atoms with Crippen molar-refractivity contribution >= 4 is 21.9 Å². The number of furan rings is 1. The number of pyridine rings is 1. The van der Waals surface area contributed by atoms with Crippen LogP contribution in [0.2, 0.25) is 0 Å². The molecule has 3 heteroatoms. The number of benzene rings is 3. The zero-order chi connectivity index (χ0) is 32.2. The summed E-state index contributed by atoms with van der Waals surface area (Å²) in [5.41, 5.74) is 10.4. The Morgan fingerprint density at radius 3 is 2.37 bits per heavy atom. The van der Waals surface area contributed by atoms with E-state index >= 15 is 0 Å². The van der Waals surface area contributed by atoms with Crippen molar-refractivity contribution < 1.29 is 13.7 Å². The molecule has 3 unspecified atom stereocenters. The summed E-state index contributed by atoms with van der Waals surface area (Å²) in [5, 5.41) is 2.54. The van der Waals surface area contributed by atoms with Gasteiger partial charge >= 0.3 is 0 Å². The Bertz CT molecular complexity index is 2010. The van der Waals surface area contributed by atoms with Gasteiger partial charge in [-0.3, -0.25) is 0 Å². The van der Waals surface area contributed by atoms with Crippen LogP contribution in [0.15, 0.2) is 71.1 Å². The summed E-state index contributed by atoms with van der Waals surface area (Å²) in [6.07, 6.45) is 7.71. The van der Waals surface area contributed by atoms with E-state index in [2.05, 4.69) is 120 Å². The molecule has 8 rings (SSSR count). The molecule has 1 fully saturated rings. The molecule has 3 heterocycles. The van der Waals surface area contributed by atoms with Crippen LogP contribution >= 0.6 is 0 Å². The van der Waals surface area contributed by atoms with E-state index in [0.29, 0.717) is 17.8 Å². The van der Waals surface area contributed by atoms with E-state index in [9.17, 15) is 0 Å². The number of methoxy groups -OCH3 is 1. The van der Waals surface area contributed by atoms with Gasteiger partial charge in [0.25, 0.3) is 0 Å². The molecule has 0 spiro atoms. The van der Waals surface area contributed by atoms with Gasteiger partial charge in [-0.05, 0) is 67.3 Å². The fraction of sp³-hybridized carbons (Fsp3) is 0.465. The van der Waals surface area contributed by atoms with Crippen molar-refractivity contribution in [3.63, 3.8) is 0 Å². The van der Waals surface area contributed by atoms with Gasteiger partial charge in [-0.15, -0.1) is 0 Å². The number of rotatable bonds is 5. The van der Waals surface area contributed by atoms with Gasteiger partial charge in [0.2, 0.25) is 16.7 Å². The number of para-hydroxylation sites is 1. The second-order valence-electron chi connectivity index (χ2n) is 16.0. The molecular weight excluding hydrogens is 562 g/mol. The Kier molecular flexibility index (Phi) is 6.69. The predicted octanol–water partition coefficient (Wildman–Crippen LogP) is 10.9. The van der Waals surface area contributed by atoms with Crippen molar-refractivity contribution in [3.8, 4) is 22.6 Å². The number of hydrogen-bond donors (Lipinski definition) is 0. The maximum Gasteiger partial charge on any atom is 0.214 e. The second kappa shape index (κ2) is 10.3. The van der Waals surface area contributed by atoms with Gasteiger partial charge in [0, 0.05) is 65.0 Å². The van der Waals surface area contributed by atoms with Gasteiger partial charge in [0.05, 0.1) is 5.56 Å². The highest BCUT2D eigenvalue weighted by molar-refractivity contribution is 5.97. The van der Waals surface area contributed by atoms with E-state index in [0.717, 1.165) is 17.8 Å². The molecule has 2 aromatic heterocycles. The zero-order valence-corrected chi connectivity index (χ0v) is 29.1. The maximum absolute atomic E-state index is 6.93. The molecule has 5 aromatic rings. The molecule has 46 heavy (non-hydrogen) atoms.